The van der Waals surface area contributed by atoms with Gasteiger partial charge in [0, 0.05) is 30.3 Å². The Morgan fingerprint density at radius 2 is 2.10 bits per heavy atom. The van der Waals surface area contributed by atoms with Gasteiger partial charge in [-0.3, -0.25) is 14.9 Å². The topological polar surface area (TPSA) is 122 Å². The van der Waals surface area contributed by atoms with Crippen LogP contribution in [0.2, 0.25) is 0 Å². The molecule has 0 saturated carbocycles. The van der Waals surface area contributed by atoms with Gasteiger partial charge in [-0.15, -0.1) is 0 Å². The summed E-state index contributed by atoms with van der Waals surface area (Å²) in [5.74, 6) is -0.929. The van der Waals surface area contributed by atoms with Crippen molar-refractivity contribution in [2.45, 2.75) is 19.8 Å². The highest BCUT2D eigenvalue weighted by Gasteiger charge is 2.12. The maximum absolute atomic E-state index is 11.5. The van der Waals surface area contributed by atoms with Crippen LogP contribution < -0.4 is 10.6 Å². The predicted octanol–water partition coefficient (Wildman–Crippen LogP) is 1.89. The second-order valence-corrected chi connectivity index (χ2v) is 4.14. The van der Waals surface area contributed by atoms with Crippen LogP contribution in [0.15, 0.2) is 18.2 Å². The van der Waals surface area contributed by atoms with Gasteiger partial charge in [0.25, 0.3) is 5.69 Å². The molecule has 0 unspecified atom stereocenters. The van der Waals surface area contributed by atoms with E-state index in [4.69, 9.17) is 5.11 Å². The van der Waals surface area contributed by atoms with E-state index >= 15 is 0 Å². The van der Waals surface area contributed by atoms with Gasteiger partial charge in [0.1, 0.15) is 0 Å². The van der Waals surface area contributed by atoms with Gasteiger partial charge < -0.3 is 15.7 Å². The molecule has 20 heavy (non-hydrogen) atoms. The third-order valence-electron chi connectivity index (χ3n) is 2.52. The first-order valence-electron chi connectivity index (χ1n) is 5.92. The van der Waals surface area contributed by atoms with E-state index in [0.717, 1.165) is 0 Å². The predicted molar refractivity (Wildman–Crippen MR) is 71.7 cm³/mol. The Kier molecular flexibility index (Phi) is 5.45. The standard InChI is InChI=1S/C12H15N3O5/c1-8-4-5-9(7-10(8)15(19)20)14-12(18)13-6-2-3-11(16)17/h4-5,7H,2-3,6H2,1H3,(H,16,17)(H2,13,14,18). The lowest BCUT2D eigenvalue weighted by atomic mass is 10.2. The summed E-state index contributed by atoms with van der Waals surface area (Å²) in [4.78, 5) is 32.0. The number of aliphatic carboxylic acids is 1. The van der Waals surface area contributed by atoms with Crippen molar-refractivity contribution in [1.29, 1.82) is 0 Å². The molecule has 1 rings (SSSR count). The third kappa shape index (κ3) is 4.92. The molecule has 0 aliphatic carbocycles. The molecular weight excluding hydrogens is 266 g/mol. The van der Waals surface area contributed by atoms with E-state index in [9.17, 15) is 19.7 Å². The number of carbonyl (C=O) groups is 2. The van der Waals surface area contributed by atoms with E-state index in [-0.39, 0.29) is 18.7 Å². The Labute approximate surface area is 114 Å². The molecule has 108 valence electrons. The van der Waals surface area contributed by atoms with Gasteiger partial charge in [0.2, 0.25) is 0 Å². The molecule has 0 fully saturated rings. The van der Waals surface area contributed by atoms with Crippen LogP contribution in [0, 0.1) is 17.0 Å². The molecule has 0 aliphatic heterocycles. The van der Waals surface area contributed by atoms with Crippen LogP contribution >= 0.6 is 0 Å². The summed E-state index contributed by atoms with van der Waals surface area (Å²) in [5, 5.41) is 24.1. The normalized spacial score (nSPS) is 9.85. The van der Waals surface area contributed by atoms with Crippen molar-refractivity contribution < 1.29 is 19.6 Å². The van der Waals surface area contributed by atoms with Crippen LogP contribution in [0.25, 0.3) is 0 Å². The Morgan fingerprint density at radius 3 is 2.70 bits per heavy atom. The number of carbonyl (C=O) groups excluding carboxylic acids is 1. The van der Waals surface area contributed by atoms with Crippen LogP contribution in [0.1, 0.15) is 18.4 Å². The monoisotopic (exact) mass is 281 g/mol. The number of benzene rings is 1. The minimum Gasteiger partial charge on any atom is -0.481 e. The van der Waals surface area contributed by atoms with Crippen molar-refractivity contribution in [2.75, 3.05) is 11.9 Å². The van der Waals surface area contributed by atoms with E-state index in [0.29, 0.717) is 17.7 Å². The van der Waals surface area contributed by atoms with Crippen molar-refractivity contribution in [1.82, 2.24) is 5.32 Å². The second kappa shape index (κ2) is 7.07. The highest BCUT2D eigenvalue weighted by atomic mass is 16.6. The van der Waals surface area contributed by atoms with E-state index < -0.39 is 16.9 Å². The van der Waals surface area contributed by atoms with Crippen LogP contribution in [-0.4, -0.2) is 28.6 Å². The summed E-state index contributed by atoms with van der Waals surface area (Å²) in [6, 6.07) is 3.83. The number of carboxylic acids is 1. The van der Waals surface area contributed by atoms with Gasteiger partial charge >= 0.3 is 12.0 Å². The average molecular weight is 281 g/mol. The number of rotatable bonds is 6. The second-order valence-electron chi connectivity index (χ2n) is 4.14. The van der Waals surface area contributed by atoms with E-state index in [1.165, 1.54) is 12.1 Å². The van der Waals surface area contributed by atoms with Crippen LogP contribution in [0.3, 0.4) is 0 Å². The number of urea groups is 1. The first-order chi connectivity index (χ1) is 9.40. The van der Waals surface area contributed by atoms with Crippen LogP contribution in [-0.2, 0) is 4.79 Å². The molecule has 0 atom stereocenters. The summed E-state index contributed by atoms with van der Waals surface area (Å²) >= 11 is 0. The molecule has 8 nitrogen and oxygen atoms in total. The first kappa shape index (κ1) is 15.4. The fourth-order valence-corrected chi connectivity index (χ4v) is 1.50. The number of hydrogen-bond acceptors (Lipinski definition) is 4. The average Bonchev–Trinajstić information content (AvgIpc) is 2.36. The van der Waals surface area contributed by atoms with Crippen molar-refractivity contribution >= 4 is 23.4 Å². The highest BCUT2D eigenvalue weighted by molar-refractivity contribution is 5.89. The molecular formula is C12H15N3O5. The number of carboxylic acid groups (broad SMARTS) is 1. The zero-order valence-corrected chi connectivity index (χ0v) is 10.9. The third-order valence-corrected chi connectivity index (χ3v) is 2.52. The van der Waals surface area contributed by atoms with Crippen molar-refractivity contribution in [2.24, 2.45) is 0 Å². The lowest BCUT2D eigenvalue weighted by Gasteiger charge is -2.07. The molecule has 8 heteroatoms. The summed E-state index contributed by atoms with van der Waals surface area (Å²) in [6.45, 7) is 1.82. The van der Waals surface area contributed by atoms with Crippen molar-refractivity contribution in [3.05, 3.63) is 33.9 Å². The molecule has 0 bridgehead atoms. The number of nitro groups is 1. The number of hydrogen-bond donors (Lipinski definition) is 3. The number of anilines is 1. The molecule has 0 radical (unpaired) electrons. The molecule has 1 aromatic carbocycles. The molecule has 0 spiro atoms. The van der Waals surface area contributed by atoms with Crippen molar-refractivity contribution in [3.63, 3.8) is 0 Å². The lowest BCUT2D eigenvalue weighted by Crippen LogP contribution is -2.29. The minimum absolute atomic E-state index is 0.0315. The zero-order chi connectivity index (χ0) is 15.1. The van der Waals surface area contributed by atoms with Gasteiger partial charge in [-0.25, -0.2) is 4.79 Å². The number of aryl methyl sites for hydroxylation is 1. The summed E-state index contributed by atoms with van der Waals surface area (Å²) < 4.78 is 0. The molecule has 3 N–H and O–H groups in total. The fraction of sp³-hybridized carbons (Fsp3) is 0.333. The summed E-state index contributed by atoms with van der Waals surface area (Å²) in [7, 11) is 0. The maximum Gasteiger partial charge on any atom is 0.319 e. The maximum atomic E-state index is 11.5. The highest BCUT2D eigenvalue weighted by Crippen LogP contribution is 2.22. The van der Waals surface area contributed by atoms with E-state index in [1.807, 2.05) is 0 Å². The smallest absolute Gasteiger partial charge is 0.319 e. The first-order valence-corrected chi connectivity index (χ1v) is 5.92. The fourth-order valence-electron chi connectivity index (χ4n) is 1.50. The van der Waals surface area contributed by atoms with Crippen molar-refractivity contribution in [3.8, 4) is 0 Å². The summed E-state index contributed by atoms with van der Waals surface area (Å²) in [5.41, 5.74) is 0.731. The zero-order valence-electron chi connectivity index (χ0n) is 10.9. The molecule has 0 heterocycles. The SMILES string of the molecule is Cc1ccc(NC(=O)NCCCC(=O)O)cc1[N+](=O)[O-]. The molecule has 1 aromatic rings. The number of nitrogens with one attached hydrogen (secondary N) is 2. The Hall–Kier alpha value is -2.64. The Morgan fingerprint density at radius 1 is 1.40 bits per heavy atom. The molecule has 0 aromatic heterocycles. The van der Waals surface area contributed by atoms with Gasteiger partial charge in [-0.05, 0) is 19.4 Å². The van der Waals surface area contributed by atoms with Gasteiger partial charge in [-0.1, -0.05) is 6.07 Å². The van der Waals surface area contributed by atoms with Crippen LogP contribution in [0.5, 0.6) is 0 Å². The molecule has 2 amide bonds. The molecule has 0 saturated heterocycles. The number of amides is 2. The summed E-state index contributed by atoms with van der Waals surface area (Å²) in [6.07, 6.45) is 0.285. The lowest BCUT2D eigenvalue weighted by molar-refractivity contribution is -0.385. The Bertz CT molecular complexity index is 530. The number of nitrogens with zero attached hydrogens (tertiary/aromatic N) is 1. The minimum atomic E-state index is -0.929. The quantitative estimate of drug-likeness (QED) is 0.417. The molecule has 0 aliphatic rings. The Balaban J connectivity index is 2.52. The van der Waals surface area contributed by atoms with E-state index in [1.54, 1.807) is 13.0 Å². The number of nitro benzene ring substituents is 1. The van der Waals surface area contributed by atoms with E-state index in [2.05, 4.69) is 10.6 Å². The largest absolute Gasteiger partial charge is 0.481 e. The van der Waals surface area contributed by atoms with Gasteiger partial charge in [0.05, 0.1) is 4.92 Å². The van der Waals surface area contributed by atoms with Gasteiger partial charge in [0.15, 0.2) is 0 Å². The van der Waals surface area contributed by atoms with Gasteiger partial charge in [-0.2, -0.15) is 0 Å². The van der Waals surface area contributed by atoms with Crippen LogP contribution in [0.4, 0.5) is 16.2 Å².